The summed E-state index contributed by atoms with van der Waals surface area (Å²) < 4.78 is 0. The van der Waals surface area contributed by atoms with E-state index < -0.39 is 11.7 Å². The second-order valence-electron chi connectivity index (χ2n) is 8.70. The maximum Gasteiger partial charge on any atom is 0.0895 e. The molecule has 0 aromatic rings. The van der Waals surface area contributed by atoms with Gasteiger partial charge >= 0.3 is 0 Å². The van der Waals surface area contributed by atoms with Gasteiger partial charge in [-0.3, -0.25) is 0 Å². The topological polar surface area (TPSA) is 40.5 Å². The zero-order chi connectivity index (χ0) is 16.3. The van der Waals surface area contributed by atoms with Crippen LogP contribution in [0.5, 0.6) is 0 Å². The normalized spacial score (nSPS) is 52.4. The Bertz CT molecular complexity index is 504. The lowest BCUT2D eigenvalue weighted by atomic mass is 9.52. The molecule has 3 aliphatic rings. The van der Waals surface area contributed by atoms with Crippen LogP contribution >= 0.6 is 0 Å². The lowest BCUT2D eigenvalue weighted by Crippen LogP contribution is -2.54. The Labute approximate surface area is 135 Å². The molecule has 2 heteroatoms. The van der Waals surface area contributed by atoms with Crippen LogP contribution in [-0.2, 0) is 0 Å². The first-order chi connectivity index (χ1) is 10.2. The predicted octanol–water partition coefficient (Wildman–Crippen LogP) is 4.08. The van der Waals surface area contributed by atoms with E-state index in [1.165, 1.54) is 17.6 Å². The molecule has 2 N–H and O–H groups in total. The molecule has 2 bridgehead atoms. The molecule has 2 saturated carbocycles. The van der Waals surface area contributed by atoms with Crippen LogP contribution in [0.25, 0.3) is 0 Å². The van der Waals surface area contributed by atoms with Crippen LogP contribution in [0, 0.1) is 29.1 Å². The number of hydrogen-bond acceptors (Lipinski definition) is 2. The molecule has 0 unspecified atom stereocenters. The zero-order valence-electron chi connectivity index (χ0n) is 14.6. The molecule has 0 aromatic carbocycles. The fraction of sp³-hybridized carbons (Fsp3) is 0.800. The van der Waals surface area contributed by atoms with Crippen molar-refractivity contribution in [3.05, 3.63) is 23.8 Å². The van der Waals surface area contributed by atoms with E-state index in [2.05, 4.69) is 33.4 Å². The van der Waals surface area contributed by atoms with Crippen LogP contribution in [0.3, 0.4) is 0 Å². The molecule has 0 amide bonds. The van der Waals surface area contributed by atoms with Crippen LogP contribution in [0.4, 0.5) is 0 Å². The van der Waals surface area contributed by atoms with Crippen molar-refractivity contribution in [3.8, 4) is 0 Å². The Balaban J connectivity index is 2.08. The van der Waals surface area contributed by atoms with Crippen molar-refractivity contribution in [2.45, 2.75) is 71.5 Å². The molecule has 2 nitrogen and oxygen atoms in total. The average Bonchev–Trinajstić information content (AvgIpc) is 2.46. The summed E-state index contributed by atoms with van der Waals surface area (Å²) in [4.78, 5) is 0. The Morgan fingerprint density at radius 2 is 1.91 bits per heavy atom. The quantitative estimate of drug-likeness (QED) is 0.662. The van der Waals surface area contributed by atoms with Gasteiger partial charge in [0.1, 0.15) is 0 Å². The first kappa shape index (κ1) is 16.3. The van der Waals surface area contributed by atoms with Crippen LogP contribution in [0.15, 0.2) is 23.8 Å². The van der Waals surface area contributed by atoms with Gasteiger partial charge in [0.2, 0.25) is 0 Å². The SMILES string of the molecule is C=C1CC[C@@]2(C)[C@H](C)CC=C([C@@H]3[C@@H]1CC[C@](C)(O)[C@H]3O)[C@H]2C. The first-order valence-corrected chi connectivity index (χ1v) is 8.96. The van der Waals surface area contributed by atoms with Crippen molar-refractivity contribution in [1.29, 1.82) is 0 Å². The van der Waals surface area contributed by atoms with Gasteiger partial charge in [-0.05, 0) is 62.2 Å². The highest BCUT2D eigenvalue weighted by Gasteiger charge is 2.52. The summed E-state index contributed by atoms with van der Waals surface area (Å²) in [6.07, 6.45) is 6.68. The molecular weight excluding hydrogens is 272 g/mol. The summed E-state index contributed by atoms with van der Waals surface area (Å²) in [6.45, 7) is 13.3. The van der Waals surface area contributed by atoms with Gasteiger partial charge in [-0.2, -0.15) is 0 Å². The second kappa shape index (κ2) is 5.21. The third-order valence-corrected chi connectivity index (χ3v) is 7.59. The van der Waals surface area contributed by atoms with Crippen molar-refractivity contribution in [2.75, 3.05) is 0 Å². The number of aliphatic hydroxyl groups is 2. The number of rotatable bonds is 0. The molecule has 3 rings (SSSR count). The zero-order valence-corrected chi connectivity index (χ0v) is 14.6. The third-order valence-electron chi connectivity index (χ3n) is 7.59. The molecule has 0 radical (unpaired) electrons. The van der Waals surface area contributed by atoms with Gasteiger partial charge in [0, 0.05) is 5.92 Å². The van der Waals surface area contributed by atoms with Crippen LogP contribution in [-0.4, -0.2) is 21.9 Å². The van der Waals surface area contributed by atoms with Gasteiger partial charge in [0.25, 0.3) is 0 Å². The lowest BCUT2D eigenvalue weighted by Gasteiger charge is -2.54. The van der Waals surface area contributed by atoms with Gasteiger partial charge in [-0.25, -0.2) is 0 Å². The van der Waals surface area contributed by atoms with Crippen molar-refractivity contribution >= 4 is 0 Å². The highest BCUT2D eigenvalue weighted by molar-refractivity contribution is 5.28. The smallest absolute Gasteiger partial charge is 0.0895 e. The maximum absolute atomic E-state index is 10.9. The van der Waals surface area contributed by atoms with Crippen LogP contribution in [0.1, 0.15) is 59.8 Å². The van der Waals surface area contributed by atoms with E-state index in [0.29, 0.717) is 24.2 Å². The number of allylic oxidation sites excluding steroid dienone is 2. The van der Waals surface area contributed by atoms with E-state index in [-0.39, 0.29) is 11.3 Å². The van der Waals surface area contributed by atoms with Crippen molar-refractivity contribution in [2.24, 2.45) is 29.1 Å². The summed E-state index contributed by atoms with van der Waals surface area (Å²) >= 11 is 0. The molecule has 2 fully saturated rings. The number of fused-ring (bicyclic) bond motifs is 4. The largest absolute Gasteiger partial charge is 0.389 e. The maximum atomic E-state index is 10.9. The standard InChI is InChI=1S/C20H32O2/c1-12-8-10-19(4)13(2)6-7-16(14(19)3)17-15(12)9-11-20(5,22)18(17)21/h7,13-15,17-18,21-22H,1,6,8-11H2,2-5H3/t13-,14-,15-,17+,18+,19+,20+/m1/s1. The van der Waals surface area contributed by atoms with E-state index in [9.17, 15) is 10.2 Å². The van der Waals surface area contributed by atoms with Crippen molar-refractivity contribution < 1.29 is 10.2 Å². The summed E-state index contributed by atoms with van der Waals surface area (Å²) in [7, 11) is 0. The van der Waals surface area contributed by atoms with Crippen LogP contribution < -0.4 is 0 Å². The van der Waals surface area contributed by atoms with Gasteiger partial charge < -0.3 is 10.2 Å². The van der Waals surface area contributed by atoms with Crippen molar-refractivity contribution in [3.63, 3.8) is 0 Å². The third kappa shape index (κ3) is 2.22. The highest BCUT2D eigenvalue weighted by atomic mass is 16.3. The van der Waals surface area contributed by atoms with E-state index in [1.807, 2.05) is 0 Å². The van der Waals surface area contributed by atoms with E-state index in [4.69, 9.17) is 0 Å². The van der Waals surface area contributed by atoms with E-state index in [0.717, 1.165) is 19.3 Å². The molecule has 124 valence electrons. The molecule has 0 saturated heterocycles. The van der Waals surface area contributed by atoms with Gasteiger partial charge in [0.15, 0.2) is 0 Å². The molecule has 0 spiro atoms. The number of aliphatic hydroxyl groups excluding tert-OH is 1. The summed E-state index contributed by atoms with van der Waals surface area (Å²) in [6, 6.07) is 0. The molecular formula is C20H32O2. The Hall–Kier alpha value is -0.600. The molecule has 0 aliphatic heterocycles. The summed E-state index contributed by atoms with van der Waals surface area (Å²) in [5.41, 5.74) is 1.98. The molecule has 0 heterocycles. The monoisotopic (exact) mass is 304 g/mol. The fourth-order valence-electron chi connectivity index (χ4n) is 5.32. The average molecular weight is 304 g/mol. The van der Waals surface area contributed by atoms with Gasteiger partial charge in [0.05, 0.1) is 11.7 Å². The lowest BCUT2D eigenvalue weighted by molar-refractivity contribution is -0.124. The van der Waals surface area contributed by atoms with E-state index in [1.54, 1.807) is 6.92 Å². The summed E-state index contributed by atoms with van der Waals surface area (Å²) in [5.74, 6) is 1.53. The first-order valence-electron chi connectivity index (χ1n) is 8.96. The Kier molecular flexibility index (Phi) is 3.85. The fourth-order valence-corrected chi connectivity index (χ4v) is 5.32. The minimum atomic E-state index is -0.972. The molecule has 7 atom stereocenters. The Morgan fingerprint density at radius 3 is 2.59 bits per heavy atom. The van der Waals surface area contributed by atoms with E-state index >= 15 is 0 Å². The van der Waals surface area contributed by atoms with Crippen LogP contribution in [0.2, 0.25) is 0 Å². The minimum Gasteiger partial charge on any atom is -0.389 e. The second-order valence-corrected chi connectivity index (χ2v) is 8.70. The van der Waals surface area contributed by atoms with Gasteiger partial charge in [-0.1, -0.05) is 44.6 Å². The predicted molar refractivity (Wildman–Crippen MR) is 90.4 cm³/mol. The Morgan fingerprint density at radius 1 is 1.23 bits per heavy atom. The van der Waals surface area contributed by atoms with Gasteiger partial charge in [-0.15, -0.1) is 0 Å². The minimum absolute atomic E-state index is 0.0541. The van der Waals surface area contributed by atoms with Crippen molar-refractivity contribution in [1.82, 2.24) is 0 Å². The highest BCUT2D eigenvalue weighted by Crippen LogP contribution is 2.57. The molecule has 22 heavy (non-hydrogen) atoms. The molecule has 3 aliphatic carbocycles. The summed E-state index contributed by atoms with van der Waals surface area (Å²) in [5, 5.41) is 21.5. The molecule has 0 aromatic heterocycles. The number of hydrogen-bond donors (Lipinski definition) is 2.